The molecule has 1 fully saturated rings. The van der Waals surface area contributed by atoms with Gasteiger partial charge in [-0.25, -0.2) is 0 Å². The summed E-state index contributed by atoms with van der Waals surface area (Å²) < 4.78 is 5.17. The predicted octanol–water partition coefficient (Wildman–Crippen LogP) is 2.09. The smallest absolute Gasteiger partial charge is 0.311 e. The number of hydrogen-bond acceptors (Lipinski definition) is 3. The van der Waals surface area contributed by atoms with E-state index in [4.69, 9.17) is 33.0 Å². The standard InChI is InChI=1S/C14H15Cl2NO4/c1-17(12-7-21-6-9(12)14(19)20)13(18)5-8-10(15)3-2-4-11(8)16/h2-4,9,12H,5-7H2,1H3,(H,19,20). The van der Waals surface area contributed by atoms with Crippen LogP contribution in [0, 0.1) is 5.92 Å². The van der Waals surface area contributed by atoms with Gasteiger partial charge in [0.05, 0.1) is 25.7 Å². The van der Waals surface area contributed by atoms with Gasteiger partial charge in [0.1, 0.15) is 5.92 Å². The van der Waals surface area contributed by atoms with Crippen molar-refractivity contribution in [3.63, 3.8) is 0 Å². The normalized spacial score (nSPS) is 21.3. The maximum Gasteiger partial charge on any atom is 0.311 e. The van der Waals surface area contributed by atoms with Crippen LogP contribution in [-0.4, -0.2) is 48.2 Å². The van der Waals surface area contributed by atoms with Gasteiger partial charge in [0.25, 0.3) is 0 Å². The molecule has 1 aromatic rings. The molecule has 1 amide bonds. The molecular formula is C14H15Cl2NO4. The number of rotatable bonds is 4. The van der Waals surface area contributed by atoms with E-state index in [0.29, 0.717) is 15.6 Å². The van der Waals surface area contributed by atoms with Crippen LogP contribution in [0.1, 0.15) is 5.56 Å². The highest BCUT2D eigenvalue weighted by Gasteiger charge is 2.38. The van der Waals surface area contributed by atoms with E-state index in [0.717, 1.165) is 0 Å². The maximum atomic E-state index is 12.3. The number of nitrogens with zero attached hydrogens (tertiary/aromatic N) is 1. The summed E-state index contributed by atoms with van der Waals surface area (Å²) in [6.07, 6.45) is 0.0256. The second-order valence-corrected chi connectivity index (χ2v) is 5.75. The largest absolute Gasteiger partial charge is 0.481 e. The van der Waals surface area contributed by atoms with Gasteiger partial charge >= 0.3 is 5.97 Å². The molecule has 0 spiro atoms. The molecule has 2 atom stereocenters. The Labute approximate surface area is 132 Å². The summed E-state index contributed by atoms with van der Waals surface area (Å²) in [6, 6.07) is 4.55. The fourth-order valence-corrected chi connectivity index (χ4v) is 2.85. The molecule has 0 bridgehead atoms. The zero-order chi connectivity index (χ0) is 15.6. The van der Waals surface area contributed by atoms with Gasteiger partial charge < -0.3 is 14.7 Å². The molecule has 1 N–H and O–H groups in total. The molecule has 1 aromatic carbocycles. The van der Waals surface area contributed by atoms with E-state index in [2.05, 4.69) is 0 Å². The first-order chi connectivity index (χ1) is 9.91. The summed E-state index contributed by atoms with van der Waals surface area (Å²) in [6.45, 7) is 0.333. The second kappa shape index (κ2) is 6.64. The number of carboxylic acids is 1. The lowest BCUT2D eigenvalue weighted by molar-refractivity contribution is -0.144. The van der Waals surface area contributed by atoms with Gasteiger partial charge in [-0.2, -0.15) is 0 Å². The number of carbonyl (C=O) groups is 2. The van der Waals surface area contributed by atoms with Gasteiger partial charge in [-0.3, -0.25) is 9.59 Å². The number of carbonyl (C=O) groups excluding carboxylic acids is 1. The number of aliphatic carboxylic acids is 1. The SMILES string of the molecule is CN(C(=O)Cc1c(Cl)cccc1Cl)C1COCC1C(=O)O. The van der Waals surface area contributed by atoms with Crippen molar-refractivity contribution >= 4 is 35.1 Å². The van der Waals surface area contributed by atoms with Crippen LogP contribution in [0.4, 0.5) is 0 Å². The third-order valence-corrected chi connectivity index (χ3v) is 4.36. The molecule has 2 unspecified atom stereocenters. The summed E-state index contributed by atoms with van der Waals surface area (Å²) in [7, 11) is 1.57. The van der Waals surface area contributed by atoms with Crippen molar-refractivity contribution in [2.45, 2.75) is 12.5 Å². The molecule has 1 aliphatic heterocycles. The van der Waals surface area contributed by atoms with Gasteiger partial charge in [0, 0.05) is 17.1 Å². The number of benzene rings is 1. The molecule has 114 valence electrons. The van der Waals surface area contributed by atoms with Crippen molar-refractivity contribution in [3.8, 4) is 0 Å². The van der Waals surface area contributed by atoms with Crippen LogP contribution in [0.5, 0.6) is 0 Å². The maximum absolute atomic E-state index is 12.3. The summed E-state index contributed by atoms with van der Waals surface area (Å²) in [5, 5.41) is 9.97. The van der Waals surface area contributed by atoms with Crippen molar-refractivity contribution in [1.29, 1.82) is 0 Å². The molecule has 0 aromatic heterocycles. The van der Waals surface area contributed by atoms with Gasteiger partial charge in [0.2, 0.25) is 5.91 Å². The highest BCUT2D eigenvalue weighted by Crippen LogP contribution is 2.26. The molecule has 2 rings (SSSR count). The predicted molar refractivity (Wildman–Crippen MR) is 78.7 cm³/mol. The Morgan fingerprint density at radius 1 is 1.33 bits per heavy atom. The van der Waals surface area contributed by atoms with Crippen LogP contribution in [0.3, 0.4) is 0 Å². The molecule has 7 heteroatoms. The molecule has 0 radical (unpaired) electrons. The molecule has 1 aliphatic rings. The summed E-state index contributed by atoms with van der Waals surface area (Å²) >= 11 is 12.1. The Kier molecular flexibility index (Phi) is 5.08. The number of ether oxygens (including phenoxy) is 1. The molecule has 5 nitrogen and oxygen atoms in total. The van der Waals surface area contributed by atoms with Crippen molar-refractivity contribution in [2.24, 2.45) is 5.92 Å². The van der Waals surface area contributed by atoms with Gasteiger partial charge in [-0.05, 0) is 17.7 Å². The summed E-state index contributed by atoms with van der Waals surface area (Å²) in [5.41, 5.74) is 0.545. The minimum absolute atomic E-state index is 0.0256. The Bertz CT molecular complexity index is 544. The van der Waals surface area contributed by atoms with Crippen LogP contribution < -0.4 is 0 Å². The van der Waals surface area contributed by atoms with E-state index in [-0.39, 0.29) is 25.5 Å². The van der Waals surface area contributed by atoms with E-state index in [1.165, 1.54) is 4.90 Å². The molecule has 0 saturated carbocycles. The van der Waals surface area contributed by atoms with E-state index >= 15 is 0 Å². The van der Waals surface area contributed by atoms with E-state index in [1.54, 1.807) is 25.2 Å². The average molecular weight is 332 g/mol. The van der Waals surface area contributed by atoms with Gasteiger partial charge in [0.15, 0.2) is 0 Å². The fraction of sp³-hybridized carbons (Fsp3) is 0.429. The lowest BCUT2D eigenvalue weighted by atomic mass is 10.0. The van der Waals surface area contributed by atoms with Crippen LogP contribution in [-0.2, 0) is 20.7 Å². The Morgan fingerprint density at radius 3 is 2.52 bits per heavy atom. The van der Waals surface area contributed by atoms with Crippen LogP contribution in [0.2, 0.25) is 10.0 Å². The summed E-state index contributed by atoms with van der Waals surface area (Å²) in [5.74, 6) is -1.92. The number of halogens is 2. The van der Waals surface area contributed by atoms with Crippen molar-refractivity contribution in [3.05, 3.63) is 33.8 Å². The molecule has 1 heterocycles. The Morgan fingerprint density at radius 2 is 1.95 bits per heavy atom. The van der Waals surface area contributed by atoms with Crippen LogP contribution in [0.15, 0.2) is 18.2 Å². The molecular weight excluding hydrogens is 317 g/mol. The summed E-state index contributed by atoms with van der Waals surface area (Å²) in [4.78, 5) is 24.9. The van der Waals surface area contributed by atoms with Gasteiger partial charge in [-0.1, -0.05) is 29.3 Å². The lowest BCUT2D eigenvalue weighted by Crippen LogP contribution is -2.44. The first-order valence-electron chi connectivity index (χ1n) is 6.41. The van der Waals surface area contributed by atoms with E-state index in [9.17, 15) is 9.59 Å². The Balaban J connectivity index is 2.11. The number of amides is 1. The Hall–Kier alpha value is -1.30. The average Bonchev–Trinajstić information content (AvgIpc) is 2.91. The quantitative estimate of drug-likeness (QED) is 0.917. The number of hydrogen-bond donors (Lipinski definition) is 1. The lowest BCUT2D eigenvalue weighted by Gasteiger charge is -2.26. The molecule has 1 saturated heterocycles. The fourth-order valence-electron chi connectivity index (χ4n) is 2.32. The first-order valence-corrected chi connectivity index (χ1v) is 7.16. The zero-order valence-corrected chi connectivity index (χ0v) is 12.9. The first kappa shape index (κ1) is 16.1. The molecule has 21 heavy (non-hydrogen) atoms. The van der Waals surface area contributed by atoms with Crippen molar-refractivity contribution in [1.82, 2.24) is 4.90 Å². The minimum Gasteiger partial charge on any atom is -0.481 e. The third-order valence-electron chi connectivity index (χ3n) is 3.65. The highest BCUT2D eigenvalue weighted by atomic mass is 35.5. The molecule has 0 aliphatic carbocycles. The highest BCUT2D eigenvalue weighted by molar-refractivity contribution is 6.36. The third kappa shape index (κ3) is 3.48. The van der Waals surface area contributed by atoms with Crippen LogP contribution >= 0.6 is 23.2 Å². The van der Waals surface area contributed by atoms with Crippen molar-refractivity contribution in [2.75, 3.05) is 20.3 Å². The van der Waals surface area contributed by atoms with Crippen LogP contribution in [0.25, 0.3) is 0 Å². The number of likely N-dealkylation sites (N-methyl/N-ethyl adjacent to an activating group) is 1. The van der Waals surface area contributed by atoms with E-state index < -0.39 is 17.9 Å². The number of carboxylic acid groups (broad SMARTS) is 1. The second-order valence-electron chi connectivity index (χ2n) is 4.93. The topological polar surface area (TPSA) is 66.8 Å². The monoisotopic (exact) mass is 331 g/mol. The minimum atomic E-state index is -0.965. The van der Waals surface area contributed by atoms with Crippen molar-refractivity contribution < 1.29 is 19.4 Å². The van der Waals surface area contributed by atoms with E-state index in [1.807, 2.05) is 0 Å². The zero-order valence-electron chi connectivity index (χ0n) is 11.4. The van der Waals surface area contributed by atoms with Gasteiger partial charge in [-0.15, -0.1) is 0 Å².